The molecule has 1 fully saturated rings. The molecule has 1 unspecified atom stereocenters. The second-order valence-corrected chi connectivity index (χ2v) is 5.25. The normalized spacial score (nSPS) is 19.9. The summed E-state index contributed by atoms with van der Waals surface area (Å²) in [5.41, 5.74) is 0.950. The van der Waals surface area contributed by atoms with Gasteiger partial charge in [0.15, 0.2) is 0 Å². The van der Waals surface area contributed by atoms with Crippen molar-refractivity contribution in [1.82, 2.24) is 10.2 Å². The highest BCUT2D eigenvalue weighted by atomic mass is 19.4. The number of ether oxygens (including phenoxy) is 1. The number of halogens is 3. The Balaban J connectivity index is 1.76. The van der Waals surface area contributed by atoms with Gasteiger partial charge in [-0.2, -0.15) is 0 Å². The van der Waals surface area contributed by atoms with Crippen molar-refractivity contribution in [3.63, 3.8) is 0 Å². The molecule has 1 heterocycles. The third kappa shape index (κ3) is 5.21. The topological polar surface area (TPSA) is 24.5 Å². The molecule has 1 atom stereocenters. The number of hydrogen-bond donors (Lipinski definition) is 1. The predicted molar refractivity (Wildman–Crippen MR) is 75.1 cm³/mol. The maximum atomic E-state index is 12.0. The summed E-state index contributed by atoms with van der Waals surface area (Å²) in [4.78, 5) is 2.45. The highest BCUT2D eigenvalue weighted by Crippen LogP contribution is 2.22. The number of likely N-dealkylation sites (N-methyl/N-ethyl adjacent to an activating group) is 1. The molecule has 6 heteroatoms. The first-order valence-corrected chi connectivity index (χ1v) is 7.27. The molecule has 1 aliphatic heterocycles. The van der Waals surface area contributed by atoms with Gasteiger partial charge in [0.25, 0.3) is 0 Å². The lowest BCUT2D eigenvalue weighted by Crippen LogP contribution is -2.37. The van der Waals surface area contributed by atoms with Crippen LogP contribution in [-0.2, 0) is 6.54 Å². The second kappa shape index (κ2) is 7.13. The Bertz CT molecular complexity index is 434. The minimum atomic E-state index is -4.63. The largest absolute Gasteiger partial charge is 0.573 e. The first-order chi connectivity index (χ1) is 9.98. The van der Waals surface area contributed by atoms with Gasteiger partial charge in [-0.15, -0.1) is 13.2 Å². The Hall–Kier alpha value is -1.27. The Morgan fingerprint density at radius 3 is 2.62 bits per heavy atom. The molecule has 0 amide bonds. The lowest BCUT2D eigenvalue weighted by Gasteiger charge is -2.23. The quantitative estimate of drug-likeness (QED) is 0.873. The summed E-state index contributed by atoms with van der Waals surface area (Å²) in [5, 5.41) is 3.37. The Morgan fingerprint density at radius 1 is 1.29 bits per heavy atom. The Kier molecular flexibility index (Phi) is 5.47. The van der Waals surface area contributed by atoms with Crippen LogP contribution in [0.25, 0.3) is 0 Å². The van der Waals surface area contributed by atoms with Crippen molar-refractivity contribution >= 4 is 0 Å². The first kappa shape index (κ1) is 16.1. The van der Waals surface area contributed by atoms with Crippen molar-refractivity contribution in [3.05, 3.63) is 29.8 Å². The van der Waals surface area contributed by atoms with Gasteiger partial charge in [-0.3, -0.25) is 4.90 Å². The Labute approximate surface area is 123 Å². The van der Waals surface area contributed by atoms with Crippen molar-refractivity contribution < 1.29 is 17.9 Å². The molecule has 1 aliphatic rings. The molecule has 0 saturated carbocycles. The Morgan fingerprint density at radius 2 is 2.00 bits per heavy atom. The first-order valence-electron chi connectivity index (χ1n) is 7.27. The van der Waals surface area contributed by atoms with Gasteiger partial charge in [0.1, 0.15) is 5.75 Å². The number of benzene rings is 1. The number of hydrogen-bond acceptors (Lipinski definition) is 3. The summed E-state index contributed by atoms with van der Waals surface area (Å²) >= 11 is 0. The molecule has 1 aromatic carbocycles. The van der Waals surface area contributed by atoms with Crippen LogP contribution < -0.4 is 10.1 Å². The molecule has 0 spiro atoms. The van der Waals surface area contributed by atoms with Gasteiger partial charge in [0.05, 0.1) is 0 Å². The monoisotopic (exact) mass is 302 g/mol. The zero-order valence-electron chi connectivity index (χ0n) is 12.1. The number of likely N-dealkylation sites (tertiary alicyclic amines) is 1. The van der Waals surface area contributed by atoms with E-state index >= 15 is 0 Å². The lowest BCUT2D eigenvalue weighted by molar-refractivity contribution is -0.274. The van der Waals surface area contributed by atoms with E-state index in [0.717, 1.165) is 25.2 Å². The van der Waals surface area contributed by atoms with E-state index < -0.39 is 6.36 Å². The number of nitrogens with one attached hydrogen (secondary N) is 1. The maximum Gasteiger partial charge on any atom is 0.573 e. The van der Waals surface area contributed by atoms with Gasteiger partial charge in [0.2, 0.25) is 0 Å². The molecular weight excluding hydrogens is 281 g/mol. The average molecular weight is 302 g/mol. The second-order valence-electron chi connectivity index (χ2n) is 5.25. The van der Waals surface area contributed by atoms with Gasteiger partial charge in [-0.25, -0.2) is 0 Å². The van der Waals surface area contributed by atoms with Crippen LogP contribution in [0.15, 0.2) is 24.3 Å². The zero-order chi connectivity index (χ0) is 15.3. The summed E-state index contributed by atoms with van der Waals surface area (Å²) in [7, 11) is 0. The third-order valence-corrected chi connectivity index (χ3v) is 3.77. The summed E-state index contributed by atoms with van der Waals surface area (Å²) < 4.78 is 40.0. The maximum absolute atomic E-state index is 12.0. The number of alkyl halides is 3. The third-order valence-electron chi connectivity index (χ3n) is 3.77. The van der Waals surface area contributed by atoms with E-state index in [-0.39, 0.29) is 5.75 Å². The molecule has 1 N–H and O–H groups in total. The van der Waals surface area contributed by atoms with Crippen LogP contribution in [0.3, 0.4) is 0 Å². The molecular formula is C15H21F3N2O. The van der Waals surface area contributed by atoms with Crippen LogP contribution >= 0.6 is 0 Å². The molecule has 2 rings (SSSR count). The number of nitrogens with zero attached hydrogens (tertiary/aromatic N) is 1. The molecule has 1 aromatic rings. The summed E-state index contributed by atoms with van der Waals surface area (Å²) in [6.45, 7) is 5.95. The van der Waals surface area contributed by atoms with Crippen molar-refractivity contribution in [2.45, 2.75) is 38.7 Å². The van der Waals surface area contributed by atoms with E-state index in [2.05, 4.69) is 21.9 Å². The summed E-state index contributed by atoms with van der Waals surface area (Å²) in [6, 6.07) is 6.57. The van der Waals surface area contributed by atoms with Crippen molar-refractivity contribution in [1.29, 1.82) is 0 Å². The van der Waals surface area contributed by atoms with E-state index in [1.165, 1.54) is 25.0 Å². The molecule has 3 nitrogen and oxygen atoms in total. The average Bonchev–Trinajstić information content (AvgIpc) is 2.86. The van der Waals surface area contributed by atoms with E-state index in [1.54, 1.807) is 12.1 Å². The van der Waals surface area contributed by atoms with Gasteiger partial charge >= 0.3 is 6.36 Å². The molecule has 118 valence electrons. The van der Waals surface area contributed by atoms with Crippen LogP contribution in [0.5, 0.6) is 5.75 Å². The highest BCUT2D eigenvalue weighted by Gasteiger charge is 2.30. The van der Waals surface area contributed by atoms with Crippen LogP contribution in [0.2, 0.25) is 0 Å². The lowest BCUT2D eigenvalue weighted by atomic mass is 10.2. The minimum absolute atomic E-state index is 0.181. The van der Waals surface area contributed by atoms with Gasteiger partial charge in [-0.1, -0.05) is 19.1 Å². The summed E-state index contributed by atoms with van der Waals surface area (Å²) in [5.74, 6) is -0.181. The fourth-order valence-electron chi connectivity index (χ4n) is 2.73. The minimum Gasteiger partial charge on any atom is -0.406 e. The van der Waals surface area contributed by atoms with Crippen molar-refractivity contribution in [2.24, 2.45) is 0 Å². The molecule has 0 aromatic heterocycles. The van der Waals surface area contributed by atoms with E-state index in [1.807, 2.05) is 0 Å². The van der Waals surface area contributed by atoms with Crippen LogP contribution in [0, 0.1) is 0 Å². The van der Waals surface area contributed by atoms with Crippen LogP contribution in [0.1, 0.15) is 25.3 Å². The van der Waals surface area contributed by atoms with Crippen LogP contribution in [-0.4, -0.2) is 36.9 Å². The van der Waals surface area contributed by atoms with Gasteiger partial charge in [-0.05, 0) is 43.6 Å². The van der Waals surface area contributed by atoms with Crippen molar-refractivity contribution in [2.75, 3.05) is 19.6 Å². The standard InChI is InChI=1S/C15H21F3N2O/c1-2-20-9-3-4-13(20)11-19-10-12-5-7-14(8-6-12)21-15(16,17)18/h5-8,13,19H,2-4,9-11H2,1H3. The van der Waals surface area contributed by atoms with Crippen LogP contribution in [0.4, 0.5) is 13.2 Å². The van der Waals surface area contributed by atoms with Gasteiger partial charge in [0, 0.05) is 19.1 Å². The molecule has 0 aliphatic carbocycles. The van der Waals surface area contributed by atoms with E-state index in [4.69, 9.17) is 0 Å². The fraction of sp³-hybridized carbons (Fsp3) is 0.600. The van der Waals surface area contributed by atoms with E-state index in [9.17, 15) is 13.2 Å². The fourth-order valence-corrected chi connectivity index (χ4v) is 2.73. The highest BCUT2D eigenvalue weighted by molar-refractivity contribution is 5.27. The number of rotatable bonds is 6. The molecule has 1 saturated heterocycles. The molecule has 21 heavy (non-hydrogen) atoms. The van der Waals surface area contributed by atoms with Crippen molar-refractivity contribution in [3.8, 4) is 5.75 Å². The SMILES string of the molecule is CCN1CCCC1CNCc1ccc(OC(F)(F)F)cc1. The zero-order valence-corrected chi connectivity index (χ0v) is 12.1. The predicted octanol–water partition coefficient (Wildman–Crippen LogP) is 3.16. The molecule has 0 bridgehead atoms. The smallest absolute Gasteiger partial charge is 0.406 e. The van der Waals surface area contributed by atoms with Gasteiger partial charge < -0.3 is 10.1 Å². The van der Waals surface area contributed by atoms with E-state index in [0.29, 0.717) is 12.6 Å². The summed E-state index contributed by atoms with van der Waals surface area (Å²) in [6.07, 6.45) is -2.19. The molecule has 0 radical (unpaired) electrons.